The summed E-state index contributed by atoms with van der Waals surface area (Å²) in [7, 11) is 0. The van der Waals surface area contributed by atoms with E-state index in [2.05, 4.69) is 0 Å². The molecule has 0 saturated heterocycles. The summed E-state index contributed by atoms with van der Waals surface area (Å²) < 4.78 is 5.16. The molecule has 0 aliphatic heterocycles. The second-order valence-electron chi connectivity index (χ2n) is 2.63. The Hall–Kier alpha value is -0.120. The van der Waals surface area contributed by atoms with Gasteiger partial charge in [0.2, 0.25) is 0 Å². The van der Waals surface area contributed by atoms with Crippen LogP contribution in [0.4, 0.5) is 0 Å². The first-order chi connectivity index (χ1) is 4.84. The van der Waals surface area contributed by atoms with E-state index < -0.39 is 0 Å². The van der Waals surface area contributed by atoms with Crippen LogP contribution in [0.15, 0.2) is 0 Å². The van der Waals surface area contributed by atoms with Gasteiger partial charge in [0.05, 0.1) is 25.4 Å². The topological polar surface area (TPSA) is 49.7 Å². The number of aliphatic hydroxyl groups excluding tert-OH is 2. The Morgan fingerprint density at radius 1 is 1.40 bits per heavy atom. The fraction of sp³-hybridized carbons (Fsp3) is 1.00. The van der Waals surface area contributed by atoms with Crippen LogP contribution < -0.4 is 0 Å². The molecule has 0 radical (unpaired) electrons. The summed E-state index contributed by atoms with van der Waals surface area (Å²) in [6, 6.07) is 0. The molecule has 0 amide bonds. The monoisotopic (exact) mass is 146 g/mol. The summed E-state index contributed by atoms with van der Waals surface area (Å²) in [4.78, 5) is 0. The molecular formula is C7H14O3. The van der Waals surface area contributed by atoms with E-state index in [0.29, 0.717) is 6.61 Å². The molecule has 0 aromatic carbocycles. The predicted molar refractivity (Wildman–Crippen MR) is 36.7 cm³/mol. The minimum atomic E-state index is -0.299. The van der Waals surface area contributed by atoms with Crippen LogP contribution in [0.25, 0.3) is 0 Å². The lowest BCUT2D eigenvalue weighted by Gasteiger charge is -2.13. The minimum Gasteiger partial charge on any atom is -0.394 e. The van der Waals surface area contributed by atoms with E-state index in [1.807, 2.05) is 0 Å². The molecule has 0 spiro atoms. The molecule has 0 aromatic rings. The van der Waals surface area contributed by atoms with Crippen molar-refractivity contribution >= 4 is 0 Å². The molecule has 2 unspecified atom stereocenters. The molecule has 10 heavy (non-hydrogen) atoms. The summed E-state index contributed by atoms with van der Waals surface area (Å²) in [5, 5.41) is 17.6. The first-order valence-corrected chi connectivity index (χ1v) is 3.75. The Morgan fingerprint density at radius 2 is 2.20 bits per heavy atom. The van der Waals surface area contributed by atoms with Crippen molar-refractivity contribution in [2.75, 3.05) is 13.2 Å². The number of hydrogen-bond acceptors (Lipinski definition) is 3. The Bertz CT molecular complexity index is 94.9. The molecule has 1 aliphatic carbocycles. The van der Waals surface area contributed by atoms with Crippen LogP contribution in [0.1, 0.15) is 19.3 Å². The Balaban J connectivity index is 2.14. The molecule has 1 aliphatic rings. The van der Waals surface area contributed by atoms with Crippen LogP contribution in [-0.4, -0.2) is 35.6 Å². The Morgan fingerprint density at radius 3 is 2.70 bits per heavy atom. The third kappa shape index (κ3) is 1.94. The van der Waals surface area contributed by atoms with Gasteiger partial charge in [0, 0.05) is 0 Å². The minimum absolute atomic E-state index is 0.0212. The number of ether oxygens (including phenoxy) is 1. The quantitative estimate of drug-likeness (QED) is 0.585. The third-order valence-electron chi connectivity index (χ3n) is 1.84. The van der Waals surface area contributed by atoms with Crippen molar-refractivity contribution in [3.8, 4) is 0 Å². The van der Waals surface area contributed by atoms with Crippen LogP contribution in [0.5, 0.6) is 0 Å². The van der Waals surface area contributed by atoms with Crippen molar-refractivity contribution in [3.05, 3.63) is 0 Å². The van der Waals surface area contributed by atoms with Crippen LogP contribution in [0.2, 0.25) is 0 Å². The van der Waals surface area contributed by atoms with E-state index in [9.17, 15) is 5.11 Å². The zero-order valence-corrected chi connectivity index (χ0v) is 5.99. The zero-order chi connectivity index (χ0) is 7.40. The smallest absolute Gasteiger partial charge is 0.0835 e. The summed E-state index contributed by atoms with van der Waals surface area (Å²) in [6.45, 7) is 0.394. The van der Waals surface area contributed by atoms with Crippen LogP contribution in [0.3, 0.4) is 0 Å². The van der Waals surface area contributed by atoms with Gasteiger partial charge >= 0.3 is 0 Å². The number of hydrogen-bond donors (Lipinski definition) is 2. The van der Waals surface area contributed by atoms with Crippen molar-refractivity contribution < 1.29 is 14.9 Å². The van der Waals surface area contributed by atoms with Gasteiger partial charge in [-0.25, -0.2) is 0 Å². The molecule has 2 atom stereocenters. The molecule has 3 heteroatoms. The van der Waals surface area contributed by atoms with E-state index >= 15 is 0 Å². The number of rotatable bonds is 3. The Labute approximate surface area is 60.6 Å². The molecular weight excluding hydrogens is 132 g/mol. The van der Waals surface area contributed by atoms with Gasteiger partial charge in [0.15, 0.2) is 0 Å². The summed E-state index contributed by atoms with van der Waals surface area (Å²) in [5.74, 6) is 0. The molecule has 0 aromatic heterocycles. The van der Waals surface area contributed by atoms with E-state index in [1.54, 1.807) is 0 Å². The van der Waals surface area contributed by atoms with Gasteiger partial charge in [-0.2, -0.15) is 0 Å². The molecule has 0 heterocycles. The molecule has 1 saturated carbocycles. The molecule has 0 bridgehead atoms. The predicted octanol–water partition coefficient (Wildman–Crippen LogP) is -0.0913. The molecule has 3 nitrogen and oxygen atoms in total. The lowest BCUT2D eigenvalue weighted by Crippen LogP contribution is -2.23. The van der Waals surface area contributed by atoms with Crippen LogP contribution >= 0.6 is 0 Å². The standard InChI is InChI=1S/C7H14O3/c8-4-5-10-7-3-1-2-6(7)9/h6-9H,1-5H2. The maximum absolute atomic E-state index is 9.21. The van der Waals surface area contributed by atoms with E-state index in [0.717, 1.165) is 19.3 Å². The Kier molecular flexibility index (Phi) is 3.12. The average Bonchev–Trinajstić information content (AvgIpc) is 2.31. The zero-order valence-electron chi connectivity index (χ0n) is 5.99. The van der Waals surface area contributed by atoms with Gasteiger partial charge in [-0.05, 0) is 19.3 Å². The first kappa shape index (κ1) is 7.98. The fourth-order valence-electron chi connectivity index (χ4n) is 1.30. The van der Waals surface area contributed by atoms with E-state index in [-0.39, 0.29) is 18.8 Å². The molecule has 1 rings (SSSR count). The van der Waals surface area contributed by atoms with Crippen molar-refractivity contribution in [1.29, 1.82) is 0 Å². The van der Waals surface area contributed by atoms with Gasteiger partial charge in [-0.1, -0.05) is 0 Å². The van der Waals surface area contributed by atoms with E-state index in [1.165, 1.54) is 0 Å². The van der Waals surface area contributed by atoms with E-state index in [4.69, 9.17) is 9.84 Å². The van der Waals surface area contributed by atoms with Gasteiger partial charge in [0.25, 0.3) is 0 Å². The second-order valence-corrected chi connectivity index (χ2v) is 2.63. The van der Waals surface area contributed by atoms with Crippen molar-refractivity contribution in [2.45, 2.75) is 31.5 Å². The average molecular weight is 146 g/mol. The summed E-state index contributed by atoms with van der Waals surface area (Å²) in [5.41, 5.74) is 0. The maximum atomic E-state index is 9.21. The highest BCUT2D eigenvalue weighted by Crippen LogP contribution is 2.21. The summed E-state index contributed by atoms with van der Waals surface area (Å²) in [6.07, 6.45) is 2.49. The van der Waals surface area contributed by atoms with Crippen LogP contribution in [0, 0.1) is 0 Å². The van der Waals surface area contributed by atoms with Gasteiger partial charge in [-0.15, -0.1) is 0 Å². The van der Waals surface area contributed by atoms with Crippen molar-refractivity contribution in [1.82, 2.24) is 0 Å². The van der Waals surface area contributed by atoms with Crippen LogP contribution in [-0.2, 0) is 4.74 Å². The number of aliphatic hydroxyl groups is 2. The van der Waals surface area contributed by atoms with Gasteiger partial charge in [-0.3, -0.25) is 0 Å². The van der Waals surface area contributed by atoms with Crippen molar-refractivity contribution in [3.63, 3.8) is 0 Å². The second kappa shape index (κ2) is 3.91. The fourth-order valence-corrected chi connectivity index (χ4v) is 1.30. The third-order valence-corrected chi connectivity index (χ3v) is 1.84. The SMILES string of the molecule is OCCOC1CCCC1O. The highest BCUT2D eigenvalue weighted by Gasteiger charge is 2.25. The molecule has 2 N–H and O–H groups in total. The maximum Gasteiger partial charge on any atom is 0.0835 e. The summed E-state index contributed by atoms with van der Waals surface area (Å²) >= 11 is 0. The van der Waals surface area contributed by atoms with Gasteiger partial charge in [0.1, 0.15) is 0 Å². The highest BCUT2D eigenvalue weighted by molar-refractivity contribution is 4.76. The first-order valence-electron chi connectivity index (χ1n) is 3.75. The van der Waals surface area contributed by atoms with Crippen molar-refractivity contribution in [2.24, 2.45) is 0 Å². The lowest BCUT2D eigenvalue weighted by atomic mass is 10.3. The molecule has 1 fully saturated rings. The normalized spacial score (nSPS) is 33.0. The highest BCUT2D eigenvalue weighted by atomic mass is 16.5. The lowest BCUT2D eigenvalue weighted by molar-refractivity contribution is -0.0301. The largest absolute Gasteiger partial charge is 0.394 e. The van der Waals surface area contributed by atoms with Gasteiger partial charge < -0.3 is 14.9 Å². The molecule has 60 valence electrons.